The van der Waals surface area contributed by atoms with Gasteiger partial charge in [-0.05, 0) is 42.2 Å². The summed E-state index contributed by atoms with van der Waals surface area (Å²) in [6, 6.07) is 0. The van der Waals surface area contributed by atoms with E-state index in [1.54, 1.807) is 6.08 Å². The third-order valence-corrected chi connectivity index (χ3v) is 5.25. The van der Waals surface area contributed by atoms with Gasteiger partial charge in [-0.3, -0.25) is 4.79 Å². The summed E-state index contributed by atoms with van der Waals surface area (Å²) in [6.07, 6.45) is 2.80. The van der Waals surface area contributed by atoms with Crippen LogP contribution in [0.25, 0.3) is 0 Å². The Morgan fingerprint density at radius 1 is 1.42 bits per heavy atom. The van der Waals surface area contributed by atoms with Gasteiger partial charge in [-0.25, -0.2) is 0 Å². The van der Waals surface area contributed by atoms with Crippen LogP contribution in [0.15, 0.2) is 11.6 Å². The van der Waals surface area contributed by atoms with Crippen LogP contribution in [0.2, 0.25) is 0 Å². The zero-order valence-corrected chi connectivity index (χ0v) is 11.7. The maximum absolute atomic E-state index is 11.8. The van der Waals surface area contributed by atoms with Gasteiger partial charge in [-0.2, -0.15) is 0 Å². The highest BCUT2D eigenvalue weighted by atomic mass is 16.3. The Balaban J connectivity index is 2.30. The van der Waals surface area contributed by atoms with Crippen molar-refractivity contribution >= 4 is 5.78 Å². The highest BCUT2D eigenvalue weighted by molar-refractivity contribution is 5.92. The Labute approximate surface area is 114 Å². The highest BCUT2D eigenvalue weighted by Crippen LogP contribution is 2.52. The summed E-state index contributed by atoms with van der Waals surface area (Å²) in [4.78, 5) is 11.8. The molecule has 0 aromatic heterocycles. The molecule has 4 heteroatoms. The van der Waals surface area contributed by atoms with E-state index in [0.29, 0.717) is 12.8 Å². The number of carbonyl (C=O) groups is 1. The van der Waals surface area contributed by atoms with E-state index in [9.17, 15) is 20.1 Å². The van der Waals surface area contributed by atoms with Gasteiger partial charge in [0.05, 0.1) is 12.7 Å². The largest absolute Gasteiger partial charge is 0.396 e. The van der Waals surface area contributed by atoms with Crippen LogP contribution in [0.1, 0.15) is 33.1 Å². The number of carbonyl (C=O) groups excluding carboxylic acids is 1. The molecule has 1 fully saturated rings. The fourth-order valence-electron chi connectivity index (χ4n) is 3.78. The number of fused-ring (bicyclic) bond motifs is 1. The molecule has 0 heterocycles. The van der Waals surface area contributed by atoms with Crippen LogP contribution in [0, 0.1) is 23.2 Å². The van der Waals surface area contributed by atoms with Gasteiger partial charge in [0.15, 0.2) is 5.78 Å². The molecule has 0 aromatic carbocycles. The van der Waals surface area contributed by atoms with Gasteiger partial charge >= 0.3 is 0 Å². The van der Waals surface area contributed by atoms with Crippen LogP contribution in [0.5, 0.6) is 0 Å². The number of rotatable bonds is 3. The van der Waals surface area contributed by atoms with Crippen molar-refractivity contribution in [1.82, 2.24) is 0 Å². The van der Waals surface area contributed by atoms with Crippen molar-refractivity contribution in [2.24, 2.45) is 23.2 Å². The zero-order valence-electron chi connectivity index (χ0n) is 11.7. The van der Waals surface area contributed by atoms with Gasteiger partial charge in [0.1, 0.15) is 0 Å². The van der Waals surface area contributed by atoms with Crippen molar-refractivity contribution < 1.29 is 20.1 Å². The topological polar surface area (TPSA) is 77.8 Å². The minimum Gasteiger partial charge on any atom is -0.396 e. The van der Waals surface area contributed by atoms with E-state index in [0.717, 1.165) is 12.0 Å². The molecule has 0 bridgehead atoms. The van der Waals surface area contributed by atoms with E-state index < -0.39 is 11.5 Å². The van der Waals surface area contributed by atoms with Crippen molar-refractivity contribution in [3.8, 4) is 0 Å². The van der Waals surface area contributed by atoms with Crippen molar-refractivity contribution in [2.45, 2.75) is 39.2 Å². The van der Waals surface area contributed by atoms with Crippen LogP contribution in [-0.4, -0.2) is 40.4 Å². The molecule has 3 N–H and O–H groups in total. The van der Waals surface area contributed by atoms with E-state index in [1.807, 2.05) is 13.8 Å². The molecule has 2 rings (SSSR count). The quantitative estimate of drug-likeness (QED) is 0.710. The molecule has 4 nitrogen and oxygen atoms in total. The highest BCUT2D eigenvalue weighted by Gasteiger charge is 2.50. The summed E-state index contributed by atoms with van der Waals surface area (Å²) < 4.78 is 0. The average Bonchev–Trinajstić information content (AvgIpc) is 2.38. The third-order valence-electron chi connectivity index (χ3n) is 5.25. The minimum absolute atomic E-state index is 0.00416. The van der Waals surface area contributed by atoms with Crippen molar-refractivity contribution in [1.29, 1.82) is 0 Å². The van der Waals surface area contributed by atoms with Crippen molar-refractivity contribution in [3.05, 3.63) is 11.6 Å². The van der Waals surface area contributed by atoms with Crippen molar-refractivity contribution in [2.75, 3.05) is 13.2 Å². The van der Waals surface area contributed by atoms with Gasteiger partial charge in [-0.1, -0.05) is 13.8 Å². The number of allylic oxidation sites excluding steroid dienone is 1. The number of aliphatic hydroxyl groups is 3. The molecule has 0 radical (unpaired) electrons. The lowest BCUT2D eigenvalue weighted by Crippen LogP contribution is -2.50. The molecule has 0 aliphatic heterocycles. The third kappa shape index (κ3) is 2.49. The smallest absolute Gasteiger partial charge is 0.156 e. The predicted molar refractivity (Wildman–Crippen MR) is 71.4 cm³/mol. The molecule has 5 atom stereocenters. The van der Waals surface area contributed by atoms with Crippen molar-refractivity contribution in [3.63, 3.8) is 0 Å². The van der Waals surface area contributed by atoms with Crippen LogP contribution in [-0.2, 0) is 4.79 Å². The molecule has 2 unspecified atom stereocenters. The first-order valence-electron chi connectivity index (χ1n) is 7.05. The van der Waals surface area contributed by atoms with Crippen LogP contribution in [0.3, 0.4) is 0 Å². The lowest BCUT2D eigenvalue weighted by atomic mass is 9.55. The summed E-state index contributed by atoms with van der Waals surface area (Å²) >= 11 is 0. The van der Waals surface area contributed by atoms with Gasteiger partial charge < -0.3 is 15.3 Å². The second-order valence-electron chi connectivity index (χ2n) is 6.49. The fraction of sp³-hybridized carbons (Fsp3) is 0.800. The molecular formula is C15H24O4. The maximum Gasteiger partial charge on any atom is 0.156 e. The summed E-state index contributed by atoms with van der Waals surface area (Å²) in [6.45, 7) is 3.91. The van der Waals surface area contributed by atoms with Gasteiger partial charge in [0.2, 0.25) is 0 Å². The molecule has 0 spiro atoms. The normalized spacial score (nSPS) is 40.6. The molecular weight excluding hydrogens is 244 g/mol. The van der Waals surface area contributed by atoms with Gasteiger partial charge in [0, 0.05) is 18.4 Å². The Hall–Kier alpha value is -0.710. The first kappa shape index (κ1) is 14.7. The number of ketones is 1. The molecule has 1 saturated carbocycles. The van der Waals surface area contributed by atoms with Gasteiger partial charge in [0.25, 0.3) is 0 Å². The Kier molecular flexibility index (Phi) is 4.14. The molecule has 0 amide bonds. The second kappa shape index (κ2) is 5.35. The maximum atomic E-state index is 11.8. The zero-order chi connectivity index (χ0) is 14.2. The number of aliphatic hydroxyl groups excluding tert-OH is 3. The summed E-state index contributed by atoms with van der Waals surface area (Å²) in [5, 5.41) is 29.2. The number of hydrogen-bond donors (Lipinski definition) is 3. The first-order chi connectivity index (χ1) is 8.92. The van der Waals surface area contributed by atoms with E-state index in [1.165, 1.54) is 0 Å². The molecule has 0 aromatic rings. The summed E-state index contributed by atoms with van der Waals surface area (Å²) in [5.74, 6) is 0.409. The lowest BCUT2D eigenvalue weighted by molar-refractivity contribution is -0.127. The Bertz CT molecular complexity index is 390. The summed E-state index contributed by atoms with van der Waals surface area (Å²) in [5.41, 5.74) is 0.280. The van der Waals surface area contributed by atoms with Crippen LogP contribution in [0.4, 0.5) is 0 Å². The molecule has 2 aliphatic rings. The summed E-state index contributed by atoms with van der Waals surface area (Å²) in [7, 11) is 0. The van der Waals surface area contributed by atoms with E-state index in [2.05, 4.69) is 0 Å². The molecule has 2 aliphatic carbocycles. The SMILES string of the molecule is CC(CO)C1C[C@H](O)[C@@]2(C)CC(=O)C=C(CO)[C@@H]2C1. The molecule has 108 valence electrons. The predicted octanol–water partition coefficient (Wildman–Crippen LogP) is 0.900. The number of hydrogen-bond acceptors (Lipinski definition) is 4. The monoisotopic (exact) mass is 268 g/mol. The minimum atomic E-state index is -0.551. The van der Waals surface area contributed by atoms with E-state index >= 15 is 0 Å². The molecule has 0 saturated heterocycles. The fourth-order valence-corrected chi connectivity index (χ4v) is 3.78. The van der Waals surface area contributed by atoms with Crippen LogP contribution >= 0.6 is 0 Å². The lowest BCUT2D eigenvalue weighted by Gasteiger charge is -2.51. The van der Waals surface area contributed by atoms with E-state index in [4.69, 9.17) is 0 Å². The Morgan fingerprint density at radius 3 is 2.68 bits per heavy atom. The standard InChI is InChI=1S/C15H24O4/c1-9(7-16)10-4-13-11(8-17)3-12(18)6-15(13,2)14(19)5-10/h3,9-10,13-14,16-17,19H,4-8H2,1-2H3/t9?,10?,13-,14-,15-/m0/s1. The molecule has 19 heavy (non-hydrogen) atoms. The average molecular weight is 268 g/mol. The van der Waals surface area contributed by atoms with Gasteiger partial charge in [-0.15, -0.1) is 0 Å². The Morgan fingerprint density at radius 2 is 2.11 bits per heavy atom. The first-order valence-corrected chi connectivity index (χ1v) is 7.05. The van der Waals surface area contributed by atoms with E-state index in [-0.39, 0.29) is 36.8 Å². The second-order valence-corrected chi connectivity index (χ2v) is 6.49. The van der Waals surface area contributed by atoms with Crippen LogP contribution < -0.4 is 0 Å².